The first-order valence-corrected chi connectivity index (χ1v) is 7.59. The van der Waals surface area contributed by atoms with Crippen molar-refractivity contribution in [3.63, 3.8) is 0 Å². The Bertz CT molecular complexity index is 790. The minimum absolute atomic E-state index is 0.692. The van der Waals surface area contributed by atoms with E-state index in [0.717, 1.165) is 24.2 Å². The summed E-state index contributed by atoms with van der Waals surface area (Å²) in [4.78, 5) is 9.24. The lowest BCUT2D eigenvalue weighted by Gasteiger charge is -2.09. The second kappa shape index (κ2) is 6.85. The quantitative estimate of drug-likeness (QED) is 0.712. The fraction of sp³-hybridized carbons (Fsp3) is 0.158. The second-order valence-corrected chi connectivity index (χ2v) is 5.17. The Kier molecular flexibility index (Phi) is 4.44. The fourth-order valence-corrected chi connectivity index (χ4v) is 2.36. The lowest BCUT2D eigenvalue weighted by molar-refractivity contribution is 0.823. The zero-order valence-corrected chi connectivity index (χ0v) is 12.7. The number of nitrogens with zero attached hydrogens (tertiary/aromatic N) is 3. The van der Waals surface area contributed by atoms with Gasteiger partial charge in [0.15, 0.2) is 0 Å². The number of hydrogen-bond acceptors (Lipinski definition) is 2. The predicted octanol–water partition coefficient (Wildman–Crippen LogP) is 4.06. The standard InChI is InChI=1S/C19H19N3/c1-2-9-16-14-20-19(21-17-10-5-3-6-11-17)22(15-16)18-12-7-4-8-13-18/h3-8,10-15H,2,9H2,1H3. The lowest BCUT2D eigenvalue weighted by Crippen LogP contribution is -2.22. The van der Waals surface area contributed by atoms with Gasteiger partial charge in [0.1, 0.15) is 0 Å². The first kappa shape index (κ1) is 14.3. The van der Waals surface area contributed by atoms with Crippen LogP contribution >= 0.6 is 0 Å². The summed E-state index contributed by atoms with van der Waals surface area (Å²) in [5, 5.41) is 0. The summed E-state index contributed by atoms with van der Waals surface area (Å²) in [6, 6.07) is 20.1. The Morgan fingerprint density at radius 3 is 2.32 bits per heavy atom. The van der Waals surface area contributed by atoms with E-state index >= 15 is 0 Å². The van der Waals surface area contributed by atoms with Crippen molar-refractivity contribution in [3.05, 3.63) is 84.2 Å². The molecule has 2 aromatic carbocycles. The molecule has 0 saturated heterocycles. The number of aryl methyl sites for hydroxylation is 1. The average molecular weight is 289 g/mol. The normalized spacial score (nSPS) is 11.6. The lowest BCUT2D eigenvalue weighted by atomic mass is 10.2. The van der Waals surface area contributed by atoms with Crippen molar-refractivity contribution in [2.75, 3.05) is 0 Å². The molecule has 0 bridgehead atoms. The van der Waals surface area contributed by atoms with Gasteiger partial charge in [-0.05, 0) is 36.2 Å². The smallest absolute Gasteiger partial charge is 0.234 e. The Morgan fingerprint density at radius 1 is 0.955 bits per heavy atom. The van der Waals surface area contributed by atoms with Crippen molar-refractivity contribution in [2.45, 2.75) is 19.8 Å². The number of aromatic nitrogens is 2. The monoisotopic (exact) mass is 289 g/mol. The number of para-hydroxylation sites is 2. The highest BCUT2D eigenvalue weighted by Gasteiger charge is 2.01. The molecule has 3 nitrogen and oxygen atoms in total. The van der Waals surface area contributed by atoms with Crippen LogP contribution in [0.15, 0.2) is 78.0 Å². The van der Waals surface area contributed by atoms with Crippen LogP contribution in [0.1, 0.15) is 18.9 Å². The van der Waals surface area contributed by atoms with Crippen molar-refractivity contribution in [2.24, 2.45) is 4.99 Å². The summed E-state index contributed by atoms with van der Waals surface area (Å²) in [7, 11) is 0. The predicted molar refractivity (Wildman–Crippen MR) is 89.2 cm³/mol. The molecule has 0 fully saturated rings. The van der Waals surface area contributed by atoms with Crippen LogP contribution < -0.4 is 5.62 Å². The third-order valence-electron chi connectivity index (χ3n) is 3.41. The third kappa shape index (κ3) is 3.31. The van der Waals surface area contributed by atoms with E-state index in [1.165, 1.54) is 5.56 Å². The van der Waals surface area contributed by atoms with Crippen molar-refractivity contribution in [1.82, 2.24) is 9.55 Å². The minimum Gasteiger partial charge on any atom is -0.286 e. The van der Waals surface area contributed by atoms with Crippen LogP contribution in [0, 0.1) is 0 Å². The first-order chi connectivity index (χ1) is 10.9. The molecule has 1 aromatic heterocycles. The van der Waals surface area contributed by atoms with E-state index in [1.807, 2.05) is 54.7 Å². The molecule has 0 spiro atoms. The third-order valence-corrected chi connectivity index (χ3v) is 3.41. The van der Waals surface area contributed by atoms with Crippen molar-refractivity contribution < 1.29 is 0 Å². The molecule has 0 aliphatic heterocycles. The van der Waals surface area contributed by atoms with E-state index in [9.17, 15) is 0 Å². The molecule has 0 atom stereocenters. The minimum atomic E-state index is 0.692. The molecule has 0 aliphatic rings. The Morgan fingerprint density at radius 2 is 1.64 bits per heavy atom. The van der Waals surface area contributed by atoms with Crippen LogP contribution in [0.4, 0.5) is 5.69 Å². The maximum atomic E-state index is 4.67. The molecule has 0 N–H and O–H groups in total. The van der Waals surface area contributed by atoms with E-state index in [2.05, 4.69) is 39.8 Å². The van der Waals surface area contributed by atoms with E-state index in [0.29, 0.717) is 5.62 Å². The molecule has 3 rings (SSSR count). The summed E-state index contributed by atoms with van der Waals surface area (Å²) in [5.41, 5.74) is 3.89. The van der Waals surface area contributed by atoms with Gasteiger partial charge in [-0.2, -0.15) is 0 Å². The molecule has 22 heavy (non-hydrogen) atoms. The van der Waals surface area contributed by atoms with E-state index in [1.54, 1.807) is 0 Å². The average Bonchev–Trinajstić information content (AvgIpc) is 2.58. The Hall–Kier alpha value is -2.68. The first-order valence-electron chi connectivity index (χ1n) is 7.59. The Labute approximate surface area is 130 Å². The van der Waals surface area contributed by atoms with Gasteiger partial charge in [-0.1, -0.05) is 49.7 Å². The zero-order valence-electron chi connectivity index (χ0n) is 12.7. The molecular formula is C19H19N3. The summed E-state index contributed by atoms with van der Waals surface area (Å²) in [6.07, 6.45) is 6.18. The topological polar surface area (TPSA) is 30.2 Å². The maximum Gasteiger partial charge on any atom is 0.234 e. The van der Waals surface area contributed by atoms with Gasteiger partial charge < -0.3 is 0 Å². The summed E-state index contributed by atoms with van der Waals surface area (Å²) >= 11 is 0. The van der Waals surface area contributed by atoms with Gasteiger partial charge in [0.25, 0.3) is 0 Å². The van der Waals surface area contributed by atoms with Gasteiger partial charge in [-0.3, -0.25) is 4.57 Å². The number of hydrogen-bond donors (Lipinski definition) is 0. The van der Waals surface area contributed by atoms with Gasteiger partial charge in [0.05, 0.1) is 5.69 Å². The fourth-order valence-electron chi connectivity index (χ4n) is 2.36. The highest BCUT2D eigenvalue weighted by molar-refractivity contribution is 5.36. The second-order valence-electron chi connectivity index (χ2n) is 5.17. The van der Waals surface area contributed by atoms with Crippen LogP contribution in [0.25, 0.3) is 5.69 Å². The highest BCUT2D eigenvalue weighted by atomic mass is 15.1. The molecule has 0 unspecified atom stereocenters. The van der Waals surface area contributed by atoms with Gasteiger partial charge in [0, 0.05) is 18.1 Å². The molecule has 0 amide bonds. The number of rotatable bonds is 4. The maximum absolute atomic E-state index is 4.67. The SMILES string of the molecule is CCCc1cnc(=Nc2ccccc2)n(-c2ccccc2)c1. The van der Waals surface area contributed by atoms with Gasteiger partial charge in [0.2, 0.25) is 5.62 Å². The molecule has 1 heterocycles. The highest BCUT2D eigenvalue weighted by Crippen LogP contribution is 2.10. The molecule has 0 radical (unpaired) electrons. The van der Waals surface area contributed by atoms with Gasteiger partial charge in [-0.15, -0.1) is 0 Å². The van der Waals surface area contributed by atoms with E-state index in [-0.39, 0.29) is 0 Å². The molecule has 0 aliphatic carbocycles. The summed E-state index contributed by atoms with van der Waals surface area (Å²) in [6.45, 7) is 2.18. The largest absolute Gasteiger partial charge is 0.286 e. The van der Waals surface area contributed by atoms with Crippen LogP contribution in [-0.4, -0.2) is 9.55 Å². The van der Waals surface area contributed by atoms with Gasteiger partial charge in [-0.25, -0.2) is 9.98 Å². The molecule has 110 valence electrons. The summed E-state index contributed by atoms with van der Waals surface area (Å²) < 4.78 is 2.05. The molecule has 3 heteroatoms. The van der Waals surface area contributed by atoms with Crippen molar-refractivity contribution in [3.8, 4) is 5.69 Å². The van der Waals surface area contributed by atoms with Gasteiger partial charge >= 0.3 is 0 Å². The molecule has 0 saturated carbocycles. The van der Waals surface area contributed by atoms with Crippen LogP contribution in [0.2, 0.25) is 0 Å². The van der Waals surface area contributed by atoms with Crippen LogP contribution in [0.5, 0.6) is 0 Å². The van der Waals surface area contributed by atoms with E-state index in [4.69, 9.17) is 0 Å². The van der Waals surface area contributed by atoms with Crippen molar-refractivity contribution >= 4 is 5.69 Å². The summed E-state index contributed by atoms with van der Waals surface area (Å²) in [5.74, 6) is 0. The number of benzene rings is 2. The molecule has 3 aromatic rings. The van der Waals surface area contributed by atoms with Crippen molar-refractivity contribution in [1.29, 1.82) is 0 Å². The van der Waals surface area contributed by atoms with Crippen LogP contribution in [-0.2, 0) is 6.42 Å². The zero-order chi connectivity index (χ0) is 15.2. The van der Waals surface area contributed by atoms with E-state index < -0.39 is 0 Å². The molecular weight excluding hydrogens is 270 g/mol. The Balaban J connectivity index is 2.15. The van der Waals surface area contributed by atoms with Crippen LogP contribution in [0.3, 0.4) is 0 Å².